The average Bonchev–Trinajstić information content (AvgIpc) is 3.08. The maximum absolute atomic E-state index is 12.3. The van der Waals surface area contributed by atoms with Gasteiger partial charge in [-0.15, -0.1) is 0 Å². The van der Waals surface area contributed by atoms with Gasteiger partial charge in [-0.2, -0.15) is 0 Å². The topological polar surface area (TPSA) is 59.5 Å². The van der Waals surface area contributed by atoms with Crippen LogP contribution in [0.2, 0.25) is 0 Å². The van der Waals surface area contributed by atoms with E-state index >= 15 is 0 Å². The lowest BCUT2D eigenvalue weighted by Gasteiger charge is -2.15. The quantitative estimate of drug-likeness (QED) is 0.495. The Morgan fingerprint density at radius 3 is 2.46 bits per heavy atom. The van der Waals surface area contributed by atoms with E-state index in [1.54, 1.807) is 0 Å². The average molecular weight is 374 g/mol. The highest BCUT2D eigenvalue weighted by Gasteiger charge is 2.19. The Kier molecular flexibility index (Phi) is 3.97. The second kappa shape index (κ2) is 6.51. The number of benzene rings is 2. The lowest BCUT2D eigenvalue weighted by molar-refractivity contribution is 0.529. The van der Waals surface area contributed by atoms with Gasteiger partial charge in [0.1, 0.15) is 11.1 Å². The molecule has 0 atom stereocenters. The maximum atomic E-state index is 12.3. The third kappa shape index (κ3) is 2.87. The monoisotopic (exact) mass is 374 g/mol. The number of aromatic nitrogens is 1. The molecule has 5 rings (SSSR count). The Balaban J connectivity index is 1.55. The molecule has 0 saturated heterocycles. The number of anilines is 1. The van der Waals surface area contributed by atoms with Gasteiger partial charge in [0.2, 0.25) is 0 Å². The van der Waals surface area contributed by atoms with E-state index in [-0.39, 0.29) is 5.63 Å². The highest BCUT2D eigenvalue weighted by molar-refractivity contribution is 5.93. The number of nitrogens with zero attached hydrogens (tertiary/aromatic N) is 2. The standard InChI is InChI=1S/C23H22N2O3/c1-25(2)15-9-7-14(8-10-15)11-22-24-19-12-18-16-5-3-4-6-17(16)23(26)28-20(18)13-21(19)27-22/h7-10,12-13H,3-6,11H2,1-2H3. The van der Waals surface area contributed by atoms with Crippen LogP contribution < -0.4 is 10.5 Å². The molecule has 142 valence electrons. The molecule has 5 heteroatoms. The summed E-state index contributed by atoms with van der Waals surface area (Å²) < 4.78 is 11.5. The lowest BCUT2D eigenvalue weighted by atomic mass is 9.90. The number of hydrogen-bond donors (Lipinski definition) is 0. The summed E-state index contributed by atoms with van der Waals surface area (Å²) >= 11 is 0. The predicted octanol–water partition coefficient (Wildman–Crippen LogP) is 4.47. The normalized spacial score (nSPS) is 13.8. The molecule has 28 heavy (non-hydrogen) atoms. The number of hydrogen-bond acceptors (Lipinski definition) is 5. The van der Waals surface area contributed by atoms with Crippen molar-refractivity contribution >= 4 is 27.8 Å². The van der Waals surface area contributed by atoms with Crippen molar-refractivity contribution in [1.29, 1.82) is 0 Å². The van der Waals surface area contributed by atoms with Crippen molar-refractivity contribution in [2.75, 3.05) is 19.0 Å². The van der Waals surface area contributed by atoms with Crippen LogP contribution in [0.15, 0.2) is 50.0 Å². The van der Waals surface area contributed by atoms with E-state index in [1.807, 2.05) is 26.2 Å². The van der Waals surface area contributed by atoms with Gasteiger partial charge in [-0.05, 0) is 55.0 Å². The molecule has 2 aromatic heterocycles. The Bertz CT molecular complexity index is 1230. The highest BCUT2D eigenvalue weighted by Crippen LogP contribution is 2.30. The van der Waals surface area contributed by atoms with Crippen LogP contribution >= 0.6 is 0 Å². The summed E-state index contributed by atoms with van der Waals surface area (Å²) in [4.78, 5) is 19.1. The molecule has 2 heterocycles. The first-order valence-corrected chi connectivity index (χ1v) is 9.73. The second-order valence-electron chi connectivity index (χ2n) is 7.72. The Morgan fingerprint density at radius 1 is 0.964 bits per heavy atom. The van der Waals surface area contributed by atoms with Gasteiger partial charge in [0.25, 0.3) is 0 Å². The van der Waals surface area contributed by atoms with Crippen molar-refractivity contribution in [2.24, 2.45) is 0 Å². The fraction of sp³-hybridized carbons (Fsp3) is 0.304. The molecule has 0 N–H and O–H groups in total. The van der Waals surface area contributed by atoms with Crippen molar-refractivity contribution in [3.05, 3.63) is 69.4 Å². The second-order valence-corrected chi connectivity index (χ2v) is 7.72. The highest BCUT2D eigenvalue weighted by atomic mass is 16.4. The Labute approximate surface area is 162 Å². The Morgan fingerprint density at radius 2 is 1.71 bits per heavy atom. The van der Waals surface area contributed by atoms with E-state index in [9.17, 15) is 4.79 Å². The molecule has 0 bridgehead atoms. The summed E-state index contributed by atoms with van der Waals surface area (Å²) in [6.07, 6.45) is 4.51. The van der Waals surface area contributed by atoms with Gasteiger partial charge in [-0.25, -0.2) is 9.78 Å². The van der Waals surface area contributed by atoms with Crippen molar-refractivity contribution in [1.82, 2.24) is 4.98 Å². The van der Waals surface area contributed by atoms with Crippen LogP contribution in [-0.4, -0.2) is 19.1 Å². The molecular formula is C23H22N2O3. The largest absolute Gasteiger partial charge is 0.440 e. The number of rotatable bonds is 3. The van der Waals surface area contributed by atoms with Gasteiger partial charge in [0.05, 0.1) is 0 Å². The zero-order chi connectivity index (χ0) is 19.3. The fourth-order valence-electron chi connectivity index (χ4n) is 4.07. The van der Waals surface area contributed by atoms with E-state index in [0.717, 1.165) is 59.0 Å². The minimum absolute atomic E-state index is 0.206. The van der Waals surface area contributed by atoms with Crippen molar-refractivity contribution in [3.8, 4) is 0 Å². The molecule has 0 fully saturated rings. The Hall–Kier alpha value is -3.08. The van der Waals surface area contributed by atoms with Gasteiger partial charge < -0.3 is 13.7 Å². The SMILES string of the molecule is CN(C)c1ccc(Cc2nc3cc4c5c(c(=O)oc4cc3o2)CCCC5)cc1. The number of fused-ring (bicyclic) bond motifs is 4. The van der Waals surface area contributed by atoms with E-state index in [2.05, 4.69) is 29.2 Å². The predicted molar refractivity (Wildman–Crippen MR) is 110 cm³/mol. The molecular weight excluding hydrogens is 352 g/mol. The summed E-state index contributed by atoms with van der Waals surface area (Å²) in [5.41, 5.74) is 6.13. The molecule has 0 aliphatic heterocycles. The molecule has 1 aliphatic rings. The number of oxazole rings is 1. The van der Waals surface area contributed by atoms with Crippen molar-refractivity contribution in [3.63, 3.8) is 0 Å². The van der Waals surface area contributed by atoms with E-state index in [4.69, 9.17) is 13.8 Å². The van der Waals surface area contributed by atoms with Gasteiger partial charge in [0.15, 0.2) is 11.5 Å². The summed E-state index contributed by atoms with van der Waals surface area (Å²) in [5.74, 6) is 0.666. The number of aryl methyl sites for hydroxylation is 1. The molecule has 2 aromatic carbocycles. The van der Waals surface area contributed by atoms with E-state index in [1.165, 1.54) is 0 Å². The molecule has 0 unspecified atom stereocenters. The molecule has 0 amide bonds. The first-order valence-electron chi connectivity index (χ1n) is 9.73. The molecule has 1 aliphatic carbocycles. The van der Waals surface area contributed by atoms with Crippen LogP contribution in [0.4, 0.5) is 5.69 Å². The maximum Gasteiger partial charge on any atom is 0.339 e. The van der Waals surface area contributed by atoms with Crippen molar-refractivity contribution in [2.45, 2.75) is 32.1 Å². The van der Waals surface area contributed by atoms with Gasteiger partial charge in [0, 0.05) is 43.2 Å². The van der Waals surface area contributed by atoms with Crippen molar-refractivity contribution < 1.29 is 8.83 Å². The zero-order valence-electron chi connectivity index (χ0n) is 16.1. The van der Waals surface area contributed by atoms with Crippen LogP contribution in [-0.2, 0) is 19.3 Å². The molecule has 0 spiro atoms. The third-order valence-corrected chi connectivity index (χ3v) is 5.58. The van der Waals surface area contributed by atoms with Gasteiger partial charge in [-0.1, -0.05) is 12.1 Å². The summed E-state index contributed by atoms with van der Waals surface area (Å²) in [7, 11) is 4.05. The van der Waals surface area contributed by atoms with Gasteiger partial charge >= 0.3 is 5.63 Å². The first kappa shape index (κ1) is 17.0. The van der Waals surface area contributed by atoms with Crippen LogP contribution in [0, 0.1) is 0 Å². The minimum atomic E-state index is -0.206. The molecule has 0 radical (unpaired) electrons. The van der Waals surface area contributed by atoms with Gasteiger partial charge in [-0.3, -0.25) is 0 Å². The smallest absolute Gasteiger partial charge is 0.339 e. The third-order valence-electron chi connectivity index (χ3n) is 5.58. The van der Waals surface area contributed by atoms with Crippen LogP contribution in [0.3, 0.4) is 0 Å². The summed E-state index contributed by atoms with van der Waals surface area (Å²) in [6, 6.07) is 12.2. The van der Waals surface area contributed by atoms with Crippen LogP contribution in [0.5, 0.6) is 0 Å². The van der Waals surface area contributed by atoms with E-state index in [0.29, 0.717) is 23.5 Å². The van der Waals surface area contributed by atoms with E-state index < -0.39 is 0 Å². The first-order chi connectivity index (χ1) is 13.6. The lowest BCUT2D eigenvalue weighted by Crippen LogP contribution is -2.15. The summed E-state index contributed by atoms with van der Waals surface area (Å²) in [5, 5.41) is 0.997. The minimum Gasteiger partial charge on any atom is -0.440 e. The molecule has 0 saturated carbocycles. The summed E-state index contributed by atoms with van der Waals surface area (Å²) in [6.45, 7) is 0. The molecule has 5 nitrogen and oxygen atoms in total. The fourth-order valence-corrected chi connectivity index (χ4v) is 4.07. The van der Waals surface area contributed by atoms with Crippen LogP contribution in [0.1, 0.15) is 35.4 Å². The zero-order valence-corrected chi connectivity index (χ0v) is 16.1. The van der Waals surface area contributed by atoms with Crippen LogP contribution in [0.25, 0.3) is 22.1 Å². The molecule has 4 aromatic rings.